The Balaban J connectivity index is 1.58. The average molecular weight is 314 g/mol. The van der Waals surface area contributed by atoms with Crippen LogP contribution in [-0.4, -0.2) is 16.2 Å². The molecule has 0 amide bonds. The van der Waals surface area contributed by atoms with Gasteiger partial charge in [-0.05, 0) is 37.7 Å². The van der Waals surface area contributed by atoms with Crippen LogP contribution in [0.1, 0.15) is 36.1 Å². The van der Waals surface area contributed by atoms with Crippen molar-refractivity contribution in [1.29, 1.82) is 0 Å². The molecule has 0 unspecified atom stereocenters. The molecule has 1 aliphatic carbocycles. The highest BCUT2D eigenvalue weighted by molar-refractivity contribution is 5.20. The Morgan fingerprint density at radius 3 is 2.70 bits per heavy atom. The number of aromatic nitrogens is 2. The first kappa shape index (κ1) is 15.7. The normalized spacial score (nSPS) is 13.7. The van der Waals surface area contributed by atoms with E-state index in [2.05, 4.69) is 4.98 Å². The Hall–Kier alpha value is -2.14. The van der Waals surface area contributed by atoms with Gasteiger partial charge in [-0.3, -0.25) is 14.3 Å². The van der Waals surface area contributed by atoms with E-state index < -0.39 is 0 Å². The smallest absolute Gasteiger partial charge is 0.328 e. The van der Waals surface area contributed by atoms with Gasteiger partial charge in [-0.2, -0.15) is 0 Å². The molecule has 3 rings (SSSR count). The Labute approximate surface area is 134 Å². The summed E-state index contributed by atoms with van der Waals surface area (Å²) >= 11 is 0. The number of ether oxygens (including phenoxy) is 1. The molecule has 0 fully saturated rings. The second-order valence-electron chi connectivity index (χ2n) is 5.94. The fraction of sp³-hybridized carbons (Fsp3) is 0.444. The minimum absolute atomic E-state index is 0.207. The van der Waals surface area contributed by atoms with Crippen LogP contribution in [0.2, 0.25) is 0 Å². The van der Waals surface area contributed by atoms with Crippen LogP contribution in [0, 0.1) is 0 Å². The van der Waals surface area contributed by atoms with Gasteiger partial charge < -0.3 is 4.74 Å². The highest BCUT2D eigenvalue weighted by Gasteiger charge is 2.17. The quantitative estimate of drug-likeness (QED) is 0.830. The molecule has 23 heavy (non-hydrogen) atoms. The van der Waals surface area contributed by atoms with Crippen molar-refractivity contribution in [2.45, 2.75) is 45.3 Å². The first-order valence-electron chi connectivity index (χ1n) is 8.22. The monoisotopic (exact) mass is 314 g/mol. The zero-order valence-corrected chi connectivity index (χ0v) is 13.2. The second kappa shape index (κ2) is 7.42. The lowest BCUT2D eigenvalue weighted by molar-refractivity contribution is 0.115. The zero-order chi connectivity index (χ0) is 16.1. The summed E-state index contributed by atoms with van der Waals surface area (Å²) in [5.41, 5.74) is 2.36. The largest absolute Gasteiger partial charge is 0.377 e. The molecule has 122 valence electrons. The van der Waals surface area contributed by atoms with Gasteiger partial charge in [0, 0.05) is 24.4 Å². The van der Waals surface area contributed by atoms with Crippen molar-refractivity contribution in [2.75, 3.05) is 6.61 Å². The van der Waals surface area contributed by atoms with Gasteiger partial charge in [0.25, 0.3) is 5.56 Å². The van der Waals surface area contributed by atoms with Gasteiger partial charge in [0.15, 0.2) is 0 Å². The number of benzene rings is 1. The number of fused-ring (bicyclic) bond motifs is 1. The Bertz CT molecular complexity index is 762. The van der Waals surface area contributed by atoms with Crippen molar-refractivity contribution in [1.82, 2.24) is 9.55 Å². The third-order valence-electron chi connectivity index (χ3n) is 4.29. The summed E-state index contributed by atoms with van der Waals surface area (Å²) < 4.78 is 7.39. The molecule has 1 N–H and O–H groups in total. The number of hydrogen-bond donors (Lipinski definition) is 1. The van der Waals surface area contributed by atoms with E-state index in [1.54, 1.807) is 4.57 Å². The predicted octanol–water partition coefficient (Wildman–Crippen LogP) is 2.02. The lowest BCUT2D eigenvalue weighted by Crippen LogP contribution is -2.37. The van der Waals surface area contributed by atoms with Crippen LogP contribution in [0.5, 0.6) is 0 Å². The van der Waals surface area contributed by atoms with E-state index in [0.717, 1.165) is 48.9 Å². The van der Waals surface area contributed by atoms with Crippen LogP contribution >= 0.6 is 0 Å². The minimum atomic E-state index is -0.293. The molecule has 0 aliphatic heterocycles. The number of aromatic amines is 1. The van der Waals surface area contributed by atoms with Gasteiger partial charge in [-0.25, -0.2) is 4.79 Å². The SMILES string of the molecule is O=c1[nH]c(=O)n(CCCOCc2ccccc2)c2c1CCCC2. The number of nitrogens with zero attached hydrogens (tertiary/aromatic N) is 1. The fourth-order valence-corrected chi connectivity index (χ4v) is 3.12. The average Bonchev–Trinajstić information content (AvgIpc) is 2.58. The topological polar surface area (TPSA) is 64.1 Å². The van der Waals surface area contributed by atoms with E-state index in [0.29, 0.717) is 19.8 Å². The highest BCUT2D eigenvalue weighted by Crippen LogP contribution is 2.16. The molecule has 0 radical (unpaired) electrons. The van der Waals surface area contributed by atoms with Gasteiger partial charge in [-0.15, -0.1) is 0 Å². The maximum absolute atomic E-state index is 12.1. The standard InChI is InChI=1S/C18H22N2O3/c21-17-15-9-4-5-10-16(15)20(18(22)19-17)11-6-12-23-13-14-7-2-1-3-8-14/h1-3,7-8H,4-6,9-13H2,(H,19,21,22). The fourth-order valence-electron chi connectivity index (χ4n) is 3.12. The Morgan fingerprint density at radius 1 is 1.09 bits per heavy atom. The van der Waals surface area contributed by atoms with E-state index in [4.69, 9.17) is 4.74 Å². The number of H-pyrrole nitrogens is 1. The third-order valence-corrected chi connectivity index (χ3v) is 4.29. The lowest BCUT2D eigenvalue weighted by atomic mass is 9.97. The number of rotatable bonds is 6. The molecular weight excluding hydrogens is 292 g/mol. The Kier molecular flexibility index (Phi) is 5.08. The van der Waals surface area contributed by atoms with Crippen molar-refractivity contribution in [2.24, 2.45) is 0 Å². The summed E-state index contributed by atoms with van der Waals surface area (Å²) in [7, 11) is 0. The van der Waals surface area contributed by atoms with Gasteiger partial charge in [0.1, 0.15) is 0 Å². The molecule has 5 heteroatoms. The summed E-state index contributed by atoms with van der Waals surface area (Å²) in [6.45, 7) is 1.77. The van der Waals surface area contributed by atoms with E-state index >= 15 is 0 Å². The van der Waals surface area contributed by atoms with E-state index in [1.165, 1.54) is 0 Å². The molecule has 0 bridgehead atoms. The highest BCUT2D eigenvalue weighted by atomic mass is 16.5. The number of nitrogens with one attached hydrogen (secondary N) is 1. The summed E-state index contributed by atoms with van der Waals surface area (Å²) in [6.07, 6.45) is 4.41. The molecule has 5 nitrogen and oxygen atoms in total. The van der Waals surface area contributed by atoms with Crippen molar-refractivity contribution >= 4 is 0 Å². The van der Waals surface area contributed by atoms with Crippen molar-refractivity contribution in [3.05, 3.63) is 68.0 Å². The maximum atomic E-state index is 12.1. The first-order chi connectivity index (χ1) is 11.3. The predicted molar refractivity (Wildman–Crippen MR) is 88.7 cm³/mol. The van der Waals surface area contributed by atoms with Crippen LogP contribution in [0.25, 0.3) is 0 Å². The summed E-state index contributed by atoms with van der Waals surface area (Å²) in [4.78, 5) is 26.4. The second-order valence-corrected chi connectivity index (χ2v) is 5.94. The molecule has 1 aromatic carbocycles. The molecule has 0 atom stereocenters. The Morgan fingerprint density at radius 2 is 1.87 bits per heavy atom. The van der Waals surface area contributed by atoms with E-state index in [-0.39, 0.29) is 11.2 Å². The van der Waals surface area contributed by atoms with Crippen LogP contribution < -0.4 is 11.2 Å². The molecule has 0 saturated carbocycles. The van der Waals surface area contributed by atoms with Gasteiger partial charge in [-0.1, -0.05) is 30.3 Å². The van der Waals surface area contributed by atoms with E-state index in [9.17, 15) is 9.59 Å². The number of hydrogen-bond acceptors (Lipinski definition) is 3. The summed E-state index contributed by atoms with van der Waals surface area (Å²) in [5.74, 6) is 0. The van der Waals surface area contributed by atoms with Gasteiger partial charge >= 0.3 is 5.69 Å². The van der Waals surface area contributed by atoms with Gasteiger partial charge in [0.2, 0.25) is 0 Å². The third kappa shape index (κ3) is 3.79. The minimum Gasteiger partial charge on any atom is -0.377 e. The molecule has 2 aromatic rings. The van der Waals surface area contributed by atoms with Crippen molar-refractivity contribution in [3.63, 3.8) is 0 Å². The van der Waals surface area contributed by atoms with Crippen LogP contribution in [0.4, 0.5) is 0 Å². The molecule has 0 spiro atoms. The van der Waals surface area contributed by atoms with Crippen LogP contribution in [0.15, 0.2) is 39.9 Å². The van der Waals surface area contributed by atoms with E-state index in [1.807, 2.05) is 30.3 Å². The van der Waals surface area contributed by atoms with Gasteiger partial charge in [0.05, 0.1) is 6.61 Å². The molecular formula is C18H22N2O3. The first-order valence-corrected chi connectivity index (χ1v) is 8.22. The molecule has 1 heterocycles. The molecule has 1 aliphatic rings. The maximum Gasteiger partial charge on any atom is 0.328 e. The van der Waals surface area contributed by atoms with Crippen LogP contribution in [-0.2, 0) is 30.7 Å². The van der Waals surface area contributed by atoms with Crippen molar-refractivity contribution < 1.29 is 4.74 Å². The molecule has 0 saturated heterocycles. The lowest BCUT2D eigenvalue weighted by Gasteiger charge is -2.19. The van der Waals surface area contributed by atoms with Crippen molar-refractivity contribution in [3.8, 4) is 0 Å². The summed E-state index contributed by atoms with van der Waals surface area (Å²) in [5, 5.41) is 0. The zero-order valence-electron chi connectivity index (χ0n) is 13.2. The van der Waals surface area contributed by atoms with Crippen LogP contribution in [0.3, 0.4) is 0 Å². The molecule has 1 aromatic heterocycles. The summed E-state index contributed by atoms with van der Waals surface area (Å²) in [6, 6.07) is 10.0.